The molecule has 0 aliphatic carbocycles. The van der Waals surface area contributed by atoms with Crippen LogP contribution < -0.4 is 4.74 Å². The summed E-state index contributed by atoms with van der Waals surface area (Å²) in [6.07, 6.45) is 4.35. The van der Waals surface area contributed by atoms with Crippen LogP contribution in [-0.4, -0.2) is 46.0 Å². The molecule has 29 heavy (non-hydrogen) atoms. The van der Waals surface area contributed by atoms with Crippen molar-refractivity contribution < 1.29 is 18.6 Å². The van der Waals surface area contributed by atoms with E-state index < -0.39 is 11.5 Å². The number of hydrogen-bond donors (Lipinski definition) is 2. The van der Waals surface area contributed by atoms with Crippen molar-refractivity contribution in [1.29, 1.82) is 0 Å². The fraction of sp³-hybridized carbons (Fsp3) is 0.591. The number of aromatic amines is 1. The molecule has 0 saturated heterocycles. The van der Waals surface area contributed by atoms with Crippen LogP contribution in [0, 0.1) is 0 Å². The molecular weight excluding hydrogens is 376 g/mol. The molecule has 0 aliphatic heterocycles. The fourth-order valence-corrected chi connectivity index (χ4v) is 2.98. The fourth-order valence-electron chi connectivity index (χ4n) is 2.98. The van der Waals surface area contributed by atoms with Gasteiger partial charge in [0.1, 0.15) is 5.75 Å². The third-order valence-corrected chi connectivity index (χ3v) is 4.74. The molecular formula is C22H33F2N3O2. The van der Waals surface area contributed by atoms with E-state index in [1.807, 2.05) is 7.05 Å². The van der Waals surface area contributed by atoms with Crippen LogP contribution in [0.25, 0.3) is 11.3 Å². The largest absolute Gasteiger partial charge is 0.493 e. The number of halogens is 2. The van der Waals surface area contributed by atoms with Gasteiger partial charge >= 0.3 is 0 Å². The highest BCUT2D eigenvalue weighted by molar-refractivity contribution is 5.66. The average molecular weight is 410 g/mol. The Labute approximate surface area is 172 Å². The first-order valence-corrected chi connectivity index (χ1v) is 10.1. The van der Waals surface area contributed by atoms with E-state index in [0.717, 1.165) is 31.9 Å². The molecule has 0 unspecified atom stereocenters. The third kappa shape index (κ3) is 7.40. The maximum Gasteiger partial charge on any atom is 0.270 e. The van der Waals surface area contributed by atoms with Gasteiger partial charge in [0.15, 0.2) is 0 Å². The van der Waals surface area contributed by atoms with Gasteiger partial charge in [0.2, 0.25) is 0 Å². The highest BCUT2D eigenvalue weighted by atomic mass is 19.3. The zero-order chi connectivity index (χ0) is 21.7. The van der Waals surface area contributed by atoms with Gasteiger partial charge in [0.05, 0.1) is 24.1 Å². The van der Waals surface area contributed by atoms with Crippen molar-refractivity contribution in [3.05, 3.63) is 35.5 Å². The second-order valence-corrected chi connectivity index (χ2v) is 8.41. The molecule has 0 atom stereocenters. The van der Waals surface area contributed by atoms with Gasteiger partial charge < -0.3 is 14.7 Å². The van der Waals surface area contributed by atoms with Gasteiger partial charge in [0.25, 0.3) is 5.92 Å². The Kier molecular flexibility index (Phi) is 7.77. The number of H-pyrrole nitrogens is 1. The molecule has 0 fully saturated rings. The molecule has 0 radical (unpaired) electrons. The molecule has 1 aromatic carbocycles. The summed E-state index contributed by atoms with van der Waals surface area (Å²) in [5.41, 5.74) is 1.27. The molecule has 1 heterocycles. The zero-order valence-electron chi connectivity index (χ0n) is 18.1. The topological polar surface area (TPSA) is 61.4 Å². The first-order valence-electron chi connectivity index (χ1n) is 10.1. The van der Waals surface area contributed by atoms with Crippen molar-refractivity contribution in [1.82, 2.24) is 15.1 Å². The Morgan fingerprint density at radius 3 is 2.55 bits per heavy atom. The predicted octanol–water partition coefficient (Wildman–Crippen LogP) is 4.96. The third-order valence-electron chi connectivity index (χ3n) is 4.74. The number of aromatic nitrogens is 2. The second-order valence-electron chi connectivity index (χ2n) is 8.41. The van der Waals surface area contributed by atoms with Crippen LogP contribution >= 0.6 is 0 Å². The van der Waals surface area contributed by atoms with Gasteiger partial charge in [-0.3, -0.25) is 5.10 Å². The summed E-state index contributed by atoms with van der Waals surface area (Å²) < 4.78 is 33.9. The molecule has 0 aliphatic rings. The Morgan fingerprint density at radius 1 is 1.21 bits per heavy atom. The number of nitrogens with zero attached hydrogens (tertiary/aromatic N) is 2. The zero-order valence-corrected chi connectivity index (χ0v) is 18.1. The summed E-state index contributed by atoms with van der Waals surface area (Å²) in [6.45, 7) is 8.25. The summed E-state index contributed by atoms with van der Waals surface area (Å²) in [5.74, 6) is -2.65. The van der Waals surface area contributed by atoms with Gasteiger partial charge in [-0.25, -0.2) is 8.78 Å². The summed E-state index contributed by atoms with van der Waals surface area (Å²) in [6, 6.07) is 4.58. The lowest BCUT2D eigenvalue weighted by Crippen LogP contribution is -2.22. The van der Waals surface area contributed by atoms with E-state index in [-0.39, 0.29) is 12.2 Å². The van der Waals surface area contributed by atoms with Crippen LogP contribution in [0.2, 0.25) is 0 Å². The van der Waals surface area contributed by atoms with E-state index in [1.165, 1.54) is 12.1 Å². The quantitative estimate of drug-likeness (QED) is 0.551. The Hall–Kier alpha value is -1.99. The number of rotatable bonds is 11. The minimum Gasteiger partial charge on any atom is -0.493 e. The predicted molar refractivity (Wildman–Crippen MR) is 111 cm³/mol. The summed E-state index contributed by atoms with van der Waals surface area (Å²) in [4.78, 5) is 2.19. The Balaban J connectivity index is 2.30. The van der Waals surface area contributed by atoms with E-state index in [4.69, 9.17) is 4.74 Å². The standard InChI is InChI=1S/C22H33F2N3O2/c1-6-7-9-27(5)15-17-14-25-26-20(17)16-11-18(22(4,23)24)13-19(12-16)29-10-8-21(2,3)28/h11-14,28H,6-10,15H2,1-5H3,(H,25,26). The number of ether oxygens (including phenoxy) is 1. The van der Waals surface area contributed by atoms with Crippen molar-refractivity contribution in [3.8, 4) is 17.0 Å². The van der Waals surface area contributed by atoms with Crippen molar-refractivity contribution in [3.63, 3.8) is 0 Å². The van der Waals surface area contributed by atoms with Gasteiger partial charge in [0, 0.05) is 36.6 Å². The molecule has 1 aromatic heterocycles. The van der Waals surface area contributed by atoms with E-state index in [1.54, 1.807) is 26.1 Å². The SMILES string of the molecule is CCCCN(C)Cc1cn[nH]c1-c1cc(OCCC(C)(C)O)cc(C(C)(F)F)c1. The Bertz CT molecular complexity index is 779. The van der Waals surface area contributed by atoms with Crippen molar-refractivity contribution in [2.24, 2.45) is 0 Å². The molecule has 5 nitrogen and oxygen atoms in total. The van der Waals surface area contributed by atoms with E-state index in [0.29, 0.717) is 30.0 Å². The highest BCUT2D eigenvalue weighted by Gasteiger charge is 2.26. The van der Waals surface area contributed by atoms with Gasteiger partial charge in [-0.05, 0) is 52.1 Å². The lowest BCUT2D eigenvalue weighted by Gasteiger charge is -2.19. The summed E-state index contributed by atoms with van der Waals surface area (Å²) in [7, 11) is 2.04. The molecule has 0 amide bonds. The minimum atomic E-state index is -3.00. The lowest BCUT2D eigenvalue weighted by molar-refractivity contribution is 0.0170. The van der Waals surface area contributed by atoms with Crippen LogP contribution in [0.15, 0.2) is 24.4 Å². The highest BCUT2D eigenvalue weighted by Crippen LogP contribution is 2.35. The average Bonchev–Trinajstić information content (AvgIpc) is 3.06. The molecule has 2 rings (SSSR count). The van der Waals surface area contributed by atoms with E-state index in [9.17, 15) is 13.9 Å². The molecule has 0 spiro atoms. The number of aliphatic hydroxyl groups is 1. The van der Waals surface area contributed by atoms with E-state index >= 15 is 0 Å². The first-order chi connectivity index (χ1) is 13.5. The summed E-state index contributed by atoms with van der Waals surface area (Å²) >= 11 is 0. The van der Waals surface area contributed by atoms with Crippen molar-refractivity contribution >= 4 is 0 Å². The monoisotopic (exact) mass is 409 g/mol. The normalized spacial score (nSPS) is 12.6. The maximum absolute atomic E-state index is 14.1. The number of nitrogens with one attached hydrogen (secondary N) is 1. The van der Waals surface area contributed by atoms with Gasteiger partial charge in [-0.1, -0.05) is 13.3 Å². The van der Waals surface area contributed by atoms with Crippen molar-refractivity contribution in [2.75, 3.05) is 20.2 Å². The van der Waals surface area contributed by atoms with Crippen LogP contribution in [0.4, 0.5) is 8.78 Å². The number of hydrogen-bond acceptors (Lipinski definition) is 4. The first kappa shape index (κ1) is 23.3. The summed E-state index contributed by atoms with van der Waals surface area (Å²) in [5, 5.41) is 16.9. The van der Waals surface area contributed by atoms with Crippen LogP contribution in [-0.2, 0) is 12.5 Å². The number of unbranched alkanes of at least 4 members (excludes halogenated alkanes) is 1. The second kappa shape index (κ2) is 9.67. The lowest BCUT2D eigenvalue weighted by atomic mass is 10.0. The van der Waals surface area contributed by atoms with Crippen LogP contribution in [0.3, 0.4) is 0 Å². The molecule has 162 valence electrons. The van der Waals surface area contributed by atoms with E-state index in [2.05, 4.69) is 22.0 Å². The van der Waals surface area contributed by atoms with Crippen LogP contribution in [0.5, 0.6) is 5.75 Å². The minimum absolute atomic E-state index is 0.117. The van der Waals surface area contributed by atoms with Gasteiger partial charge in [-0.2, -0.15) is 5.10 Å². The van der Waals surface area contributed by atoms with Crippen molar-refractivity contribution in [2.45, 2.75) is 65.0 Å². The molecule has 2 N–H and O–H groups in total. The molecule has 7 heteroatoms. The number of alkyl halides is 2. The van der Waals surface area contributed by atoms with Crippen LogP contribution in [0.1, 0.15) is 58.1 Å². The molecule has 0 saturated carbocycles. The maximum atomic E-state index is 14.1. The molecule has 2 aromatic rings. The number of benzene rings is 1. The smallest absolute Gasteiger partial charge is 0.270 e. The Morgan fingerprint density at radius 2 is 1.93 bits per heavy atom. The molecule has 0 bridgehead atoms. The van der Waals surface area contributed by atoms with Gasteiger partial charge in [-0.15, -0.1) is 0 Å².